The SMILES string of the molecule is CCCNC(CC(C)CC)C1(OC)CCCCCC1. The molecule has 0 spiro atoms. The highest BCUT2D eigenvalue weighted by molar-refractivity contribution is 4.95. The smallest absolute Gasteiger partial charge is 0.0831 e. The van der Waals surface area contributed by atoms with Crippen molar-refractivity contribution in [2.24, 2.45) is 5.92 Å². The van der Waals surface area contributed by atoms with Crippen LogP contribution in [0.1, 0.15) is 78.6 Å². The van der Waals surface area contributed by atoms with Crippen LogP contribution in [0.15, 0.2) is 0 Å². The van der Waals surface area contributed by atoms with Crippen molar-refractivity contribution in [2.75, 3.05) is 13.7 Å². The Morgan fingerprint density at radius 1 is 1.11 bits per heavy atom. The Balaban J connectivity index is 2.76. The van der Waals surface area contributed by atoms with Gasteiger partial charge in [-0.05, 0) is 38.1 Å². The normalized spacial score (nSPS) is 22.7. The molecule has 2 heteroatoms. The predicted octanol–water partition coefficient (Wildman–Crippen LogP) is 4.53. The third-order valence-electron chi connectivity index (χ3n) is 4.97. The maximum absolute atomic E-state index is 6.10. The number of hydrogen-bond acceptors (Lipinski definition) is 2. The Morgan fingerprint density at radius 3 is 2.21 bits per heavy atom. The second kappa shape index (κ2) is 8.97. The molecule has 0 radical (unpaired) electrons. The zero-order chi connectivity index (χ0) is 14.1. The Morgan fingerprint density at radius 2 is 1.74 bits per heavy atom. The summed E-state index contributed by atoms with van der Waals surface area (Å²) >= 11 is 0. The standard InChI is InChI=1S/C17H35NO/c1-5-13-18-16(14-15(3)6-2)17(19-4)11-9-7-8-10-12-17/h15-16,18H,5-14H2,1-4H3. The highest BCUT2D eigenvalue weighted by Crippen LogP contribution is 2.35. The molecule has 2 nitrogen and oxygen atoms in total. The summed E-state index contributed by atoms with van der Waals surface area (Å²) in [5.74, 6) is 0.782. The van der Waals surface area contributed by atoms with E-state index in [2.05, 4.69) is 26.1 Å². The number of ether oxygens (including phenoxy) is 1. The van der Waals surface area contributed by atoms with Crippen molar-refractivity contribution in [3.63, 3.8) is 0 Å². The summed E-state index contributed by atoms with van der Waals surface area (Å²) in [6.45, 7) is 8.04. The van der Waals surface area contributed by atoms with E-state index in [9.17, 15) is 0 Å². The lowest BCUT2D eigenvalue weighted by Crippen LogP contribution is -2.52. The van der Waals surface area contributed by atoms with Gasteiger partial charge in [0.05, 0.1) is 5.60 Å². The molecular formula is C17H35NO. The summed E-state index contributed by atoms with van der Waals surface area (Å²) in [6.07, 6.45) is 11.6. The van der Waals surface area contributed by atoms with Crippen LogP contribution in [-0.4, -0.2) is 25.3 Å². The van der Waals surface area contributed by atoms with Gasteiger partial charge in [0, 0.05) is 13.2 Å². The average molecular weight is 269 g/mol. The first-order chi connectivity index (χ1) is 9.18. The Labute approximate surface area is 120 Å². The zero-order valence-electron chi connectivity index (χ0n) is 13.6. The molecular weight excluding hydrogens is 234 g/mol. The van der Waals surface area contributed by atoms with E-state index >= 15 is 0 Å². The second-order valence-corrected chi connectivity index (χ2v) is 6.44. The Hall–Kier alpha value is -0.0800. The van der Waals surface area contributed by atoms with Gasteiger partial charge in [0.15, 0.2) is 0 Å². The van der Waals surface area contributed by atoms with Crippen LogP contribution in [-0.2, 0) is 4.74 Å². The van der Waals surface area contributed by atoms with Gasteiger partial charge in [0.25, 0.3) is 0 Å². The van der Waals surface area contributed by atoms with Crippen LogP contribution in [0.25, 0.3) is 0 Å². The maximum atomic E-state index is 6.10. The largest absolute Gasteiger partial charge is 0.377 e. The lowest BCUT2D eigenvalue weighted by molar-refractivity contribution is -0.0579. The summed E-state index contributed by atoms with van der Waals surface area (Å²) in [4.78, 5) is 0. The van der Waals surface area contributed by atoms with Crippen molar-refractivity contribution in [1.29, 1.82) is 0 Å². The third-order valence-corrected chi connectivity index (χ3v) is 4.97. The number of methoxy groups -OCH3 is 1. The van der Waals surface area contributed by atoms with Crippen molar-refractivity contribution >= 4 is 0 Å². The summed E-state index contributed by atoms with van der Waals surface area (Å²) in [7, 11) is 1.93. The molecule has 0 saturated heterocycles. The van der Waals surface area contributed by atoms with Crippen LogP contribution in [0.3, 0.4) is 0 Å². The predicted molar refractivity (Wildman–Crippen MR) is 83.6 cm³/mol. The second-order valence-electron chi connectivity index (χ2n) is 6.44. The highest BCUT2D eigenvalue weighted by atomic mass is 16.5. The van der Waals surface area contributed by atoms with Gasteiger partial charge in [0.1, 0.15) is 0 Å². The summed E-state index contributed by atoms with van der Waals surface area (Å²) in [6, 6.07) is 0.533. The van der Waals surface area contributed by atoms with Gasteiger partial charge in [-0.25, -0.2) is 0 Å². The van der Waals surface area contributed by atoms with E-state index in [-0.39, 0.29) is 5.60 Å². The highest BCUT2D eigenvalue weighted by Gasteiger charge is 2.39. The fourth-order valence-corrected chi connectivity index (χ4v) is 3.39. The molecule has 0 bridgehead atoms. The fraction of sp³-hybridized carbons (Fsp3) is 1.00. The minimum atomic E-state index is 0.0924. The van der Waals surface area contributed by atoms with Gasteiger partial charge in [-0.2, -0.15) is 0 Å². The molecule has 1 saturated carbocycles. The zero-order valence-corrected chi connectivity index (χ0v) is 13.6. The molecule has 0 aromatic rings. The molecule has 1 rings (SSSR count). The van der Waals surface area contributed by atoms with Crippen molar-refractivity contribution in [3.05, 3.63) is 0 Å². The Bertz CT molecular complexity index is 221. The molecule has 0 aromatic carbocycles. The number of nitrogens with one attached hydrogen (secondary N) is 1. The van der Waals surface area contributed by atoms with Gasteiger partial charge in [0.2, 0.25) is 0 Å². The summed E-state index contributed by atoms with van der Waals surface area (Å²) < 4.78 is 6.10. The first-order valence-electron chi connectivity index (χ1n) is 8.47. The lowest BCUT2D eigenvalue weighted by Gasteiger charge is -2.41. The third kappa shape index (κ3) is 5.07. The molecule has 1 fully saturated rings. The molecule has 19 heavy (non-hydrogen) atoms. The van der Waals surface area contributed by atoms with Crippen LogP contribution in [0, 0.1) is 5.92 Å². The van der Waals surface area contributed by atoms with Crippen LogP contribution in [0.4, 0.5) is 0 Å². The van der Waals surface area contributed by atoms with Gasteiger partial charge in [-0.15, -0.1) is 0 Å². The van der Waals surface area contributed by atoms with E-state index in [0.717, 1.165) is 12.5 Å². The maximum Gasteiger partial charge on any atom is 0.0831 e. The van der Waals surface area contributed by atoms with E-state index in [1.54, 1.807) is 0 Å². The quantitative estimate of drug-likeness (QED) is 0.654. The number of hydrogen-bond donors (Lipinski definition) is 1. The van der Waals surface area contributed by atoms with E-state index in [1.165, 1.54) is 57.8 Å². The molecule has 0 aromatic heterocycles. The van der Waals surface area contributed by atoms with E-state index in [0.29, 0.717) is 6.04 Å². The van der Waals surface area contributed by atoms with Crippen molar-refractivity contribution in [2.45, 2.75) is 90.2 Å². The van der Waals surface area contributed by atoms with Crippen LogP contribution in [0.5, 0.6) is 0 Å². The molecule has 1 aliphatic rings. The van der Waals surface area contributed by atoms with Crippen molar-refractivity contribution in [1.82, 2.24) is 5.32 Å². The minimum Gasteiger partial charge on any atom is -0.377 e. The van der Waals surface area contributed by atoms with Crippen LogP contribution >= 0.6 is 0 Å². The van der Waals surface area contributed by atoms with E-state index in [4.69, 9.17) is 4.74 Å². The summed E-state index contributed by atoms with van der Waals surface area (Å²) in [5, 5.41) is 3.80. The van der Waals surface area contributed by atoms with Crippen molar-refractivity contribution < 1.29 is 4.74 Å². The van der Waals surface area contributed by atoms with Gasteiger partial charge >= 0.3 is 0 Å². The van der Waals surface area contributed by atoms with Gasteiger partial charge in [-0.1, -0.05) is 52.9 Å². The minimum absolute atomic E-state index is 0.0924. The molecule has 2 unspecified atom stereocenters. The molecule has 0 amide bonds. The lowest BCUT2D eigenvalue weighted by atomic mass is 9.81. The molecule has 0 aliphatic heterocycles. The van der Waals surface area contributed by atoms with Gasteiger partial charge in [-0.3, -0.25) is 0 Å². The van der Waals surface area contributed by atoms with Crippen LogP contribution < -0.4 is 5.32 Å². The Kier molecular flexibility index (Phi) is 8.01. The van der Waals surface area contributed by atoms with Gasteiger partial charge < -0.3 is 10.1 Å². The van der Waals surface area contributed by atoms with Crippen LogP contribution in [0.2, 0.25) is 0 Å². The molecule has 0 heterocycles. The number of rotatable bonds is 8. The molecule has 1 aliphatic carbocycles. The van der Waals surface area contributed by atoms with E-state index < -0.39 is 0 Å². The topological polar surface area (TPSA) is 21.3 Å². The average Bonchev–Trinajstić information content (AvgIpc) is 2.69. The molecule has 114 valence electrons. The van der Waals surface area contributed by atoms with Crippen molar-refractivity contribution in [3.8, 4) is 0 Å². The molecule has 1 N–H and O–H groups in total. The first-order valence-corrected chi connectivity index (χ1v) is 8.47. The monoisotopic (exact) mass is 269 g/mol. The molecule has 2 atom stereocenters. The fourth-order valence-electron chi connectivity index (χ4n) is 3.39. The summed E-state index contributed by atoms with van der Waals surface area (Å²) in [5.41, 5.74) is 0.0924. The first kappa shape index (κ1) is 17.0. The van der Waals surface area contributed by atoms with E-state index in [1.807, 2.05) is 7.11 Å².